The summed E-state index contributed by atoms with van der Waals surface area (Å²) < 4.78 is 0. The first-order chi connectivity index (χ1) is 12.3. The molecule has 3 rings (SSSR count). The first-order valence-electron chi connectivity index (χ1n) is 9.50. The topological polar surface area (TPSA) is 61.3 Å². The average Bonchev–Trinajstić information content (AvgIpc) is 2.59. The van der Waals surface area contributed by atoms with E-state index in [1.165, 1.54) is 11.1 Å². The number of hydrogen-bond acceptors (Lipinski definition) is 5. The van der Waals surface area contributed by atoms with Crippen LogP contribution in [0.4, 0.5) is 11.8 Å². The highest BCUT2D eigenvalue weighted by Crippen LogP contribution is 2.28. The Morgan fingerprint density at radius 1 is 1.19 bits per heavy atom. The quantitative estimate of drug-likeness (QED) is 0.858. The van der Waals surface area contributed by atoms with Crippen molar-refractivity contribution >= 4 is 11.8 Å². The molecule has 0 amide bonds. The molecule has 1 aliphatic rings. The number of aliphatic hydroxyl groups is 1. The van der Waals surface area contributed by atoms with E-state index in [4.69, 9.17) is 4.98 Å². The summed E-state index contributed by atoms with van der Waals surface area (Å²) in [7, 11) is 0. The van der Waals surface area contributed by atoms with Crippen molar-refractivity contribution in [2.24, 2.45) is 0 Å². The Balaban J connectivity index is 1.86. The van der Waals surface area contributed by atoms with Crippen LogP contribution >= 0.6 is 0 Å². The van der Waals surface area contributed by atoms with Crippen molar-refractivity contribution < 1.29 is 5.11 Å². The lowest BCUT2D eigenvalue weighted by Crippen LogP contribution is -2.32. The van der Waals surface area contributed by atoms with Crippen LogP contribution in [0.5, 0.6) is 0 Å². The van der Waals surface area contributed by atoms with Crippen molar-refractivity contribution in [2.45, 2.75) is 65.6 Å². The molecule has 1 aromatic heterocycles. The van der Waals surface area contributed by atoms with Crippen molar-refractivity contribution in [1.29, 1.82) is 0 Å². The normalized spacial score (nSPS) is 14.5. The van der Waals surface area contributed by atoms with Crippen LogP contribution in [0.3, 0.4) is 0 Å². The van der Waals surface area contributed by atoms with Crippen molar-refractivity contribution in [3.8, 4) is 0 Å². The van der Waals surface area contributed by atoms with Crippen LogP contribution in [0.2, 0.25) is 0 Å². The molecule has 0 spiro atoms. The molecule has 2 N–H and O–H groups in total. The summed E-state index contributed by atoms with van der Waals surface area (Å²) in [4.78, 5) is 11.6. The summed E-state index contributed by atoms with van der Waals surface area (Å²) in [6.45, 7) is 11.7. The fraction of sp³-hybridized carbons (Fsp3) is 0.524. The molecule has 0 fully saturated rings. The molecular formula is C21H30N4O. The van der Waals surface area contributed by atoms with Gasteiger partial charge >= 0.3 is 0 Å². The van der Waals surface area contributed by atoms with Gasteiger partial charge in [0.15, 0.2) is 0 Å². The standard InChI is InChI=1S/C21H30N4O/c1-6-18-12-19(24-20(23-18)22-14(2)3)25-10-9-15-11-17(21(4,5)26)8-7-16(15)13-25/h7-8,11-12,14,26H,6,9-10,13H2,1-5H3,(H,22,23,24). The van der Waals surface area contributed by atoms with E-state index < -0.39 is 5.60 Å². The number of rotatable bonds is 5. The Kier molecular flexibility index (Phi) is 5.19. The summed E-state index contributed by atoms with van der Waals surface area (Å²) in [5.41, 5.74) is 3.86. The predicted molar refractivity (Wildman–Crippen MR) is 107 cm³/mol. The third-order valence-electron chi connectivity index (χ3n) is 4.79. The lowest BCUT2D eigenvalue weighted by atomic mass is 9.91. The molecule has 0 unspecified atom stereocenters. The number of anilines is 2. The van der Waals surface area contributed by atoms with E-state index in [0.29, 0.717) is 12.0 Å². The molecule has 0 bridgehead atoms. The fourth-order valence-electron chi connectivity index (χ4n) is 3.28. The summed E-state index contributed by atoms with van der Waals surface area (Å²) in [6, 6.07) is 8.73. The van der Waals surface area contributed by atoms with Gasteiger partial charge < -0.3 is 15.3 Å². The van der Waals surface area contributed by atoms with E-state index in [1.807, 2.05) is 19.9 Å². The number of hydrogen-bond donors (Lipinski definition) is 2. The summed E-state index contributed by atoms with van der Waals surface area (Å²) in [6.07, 6.45) is 1.85. The van der Waals surface area contributed by atoms with Gasteiger partial charge in [0, 0.05) is 30.9 Å². The highest BCUT2D eigenvalue weighted by molar-refractivity contribution is 5.49. The van der Waals surface area contributed by atoms with E-state index >= 15 is 0 Å². The van der Waals surface area contributed by atoms with Gasteiger partial charge in [0.05, 0.1) is 5.60 Å². The second-order valence-electron chi connectivity index (χ2n) is 7.91. The largest absolute Gasteiger partial charge is 0.386 e. The van der Waals surface area contributed by atoms with Gasteiger partial charge in [-0.25, -0.2) is 4.98 Å². The van der Waals surface area contributed by atoms with E-state index in [9.17, 15) is 5.11 Å². The molecule has 2 heterocycles. The fourth-order valence-corrected chi connectivity index (χ4v) is 3.28. The third kappa shape index (κ3) is 4.15. The molecule has 5 nitrogen and oxygen atoms in total. The van der Waals surface area contributed by atoms with Crippen LogP contribution in [0.1, 0.15) is 57.0 Å². The maximum Gasteiger partial charge on any atom is 0.225 e. The molecule has 2 aromatic rings. The minimum atomic E-state index is -0.799. The number of nitrogens with one attached hydrogen (secondary N) is 1. The molecule has 5 heteroatoms. The van der Waals surface area contributed by atoms with Crippen molar-refractivity contribution in [3.05, 3.63) is 46.6 Å². The number of nitrogens with zero attached hydrogens (tertiary/aromatic N) is 3. The van der Waals surface area contributed by atoms with Crippen LogP contribution in [0, 0.1) is 0 Å². The van der Waals surface area contributed by atoms with Gasteiger partial charge in [-0.15, -0.1) is 0 Å². The maximum absolute atomic E-state index is 10.2. The molecule has 1 aliphatic heterocycles. The van der Waals surface area contributed by atoms with Crippen molar-refractivity contribution in [3.63, 3.8) is 0 Å². The lowest BCUT2D eigenvalue weighted by Gasteiger charge is -2.31. The first kappa shape index (κ1) is 18.6. The van der Waals surface area contributed by atoms with Crippen LogP contribution in [0.25, 0.3) is 0 Å². The van der Waals surface area contributed by atoms with Gasteiger partial charge in [-0.1, -0.05) is 25.1 Å². The Morgan fingerprint density at radius 2 is 1.96 bits per heavy atom. The molecule has 0 aliphatic carbocycles. The summed E-state index contributed by atoms with van der Waals surface area (Å²) >= 11 is 0. The number of aryl methyl sites for hydroxylation is 1. The minimum Gasteiger partial charge on any atom is -0.386 e. The molecule has 26 heavy (non-hydrogen) atoms. The second-order valence-corrected chi connectivity index (χ2v) is 7.91. The zero-order chi connectivity index (χ0) is 18.9. The van der Waals surface area contributed by atoms with Gasteiger partial charge in [-0.2, -0.15) is 4.98 Å². The van der Waals surface area contributed by atoms with E-state index in [-0.39, 0.29) is 0 Å². The molecular weight excluding hydrogens is 324 g/mol. The lowest BCUT2D eigenvalue weighted by molar-refractivity contribution is 0.0785. The van der Waals surface area contributed by atoms with Gasteiger partial charge in [-0.05, 0) is 57.2 Å². The first-order valence-corrected chi connectivity index (χ1v) is 9.50. The molecule has 0 radical (unpaired) electrons. The Labute approximate surface area is 156 Å². The summed E-state index contributed by atoms with van der Waals surface area (Å²) in [5.74, 6) is 1.69. The van der Waals surface area contributed by atoms with Crippen LogP contribution in [-0.4, -0.2) is 27.7 Å². The second kappa shape index (κ2) is 7.23. The highest BCUT2D eigenvalue weighted by Gasteiger charge is 2.22. The minimum absolute atomic E-state index is 0.303. The number of aromatic nitrogens is 2. The van der Waals surface area contributed by atoms with Crippen LogP contribution in [0.15, 0.2) is 24.3 Å². The zero-order valence-corrected chi connectivity index (χ0v) is 16.5. The SMILES string of the molecule is CCc1cc(N2CCc3cc(C(C)(C)O)ccc3C2)nc(NC(C)C)n1. The Hall–Kier alpha value is -2.14. The smallest absolute Gasteiger partial charge is 0.225 e. The van der Waals surface area contributed by atoms with Crippen molar-refractivity contribution in [1.82, 2.24) is 9.97 Å². The number of fused-ring (bicyclic) bond motifs is 1. The zero-order valence-electron chi connectivity index (χ0n) is 16.5. The molecule has 0 saturated heterocycles. The monoisotopic (exact) mass is 354 g/mol. The van der Waals surface area contributed by atoms with Gasteiger partial charge in [-0.3, -0.25) is 0 Å². The van der Waals surface area contributed by atoms with E-state index in [2.05, 4.69) is 54.2 Å². The maximum atomic E-state index is 10.2. The molecule has 140 valence electrons. The van der Waals surface area contributed by atoms with E-state index in [0.717, 1.165) is 43.0 Å². The highest BCUT2D eigenvalue weighted by atomic mass is 16.3. The van der Waals surface area contributed by atoms with Crippen molar-refractivity contribution in [2.75, 3.05) is 16.8 Å². The molecule has 1 aromatic carbocycles. The predicted octanol–water partition coefficient (Wildman–Crippen LogP) is 3.65. The van der Waals surface area contributed by atoms with Crippen LogP contribution in [-0.2, 0) is 25.0 Å². The van der Waals surface area contributed by atoms with Gasteiger partial charge in [0.1, 0.15) is 5.82 Å². The Bertz CT molecular complexity index is 780. The number of benzene rings is 1. The summed E-state index contributed by atoms with van der Waals surface area (Å²) in [5, 5.41) is 13.6. The molecule has 0 saturated carbocycles. The Morgan fingerprint density at radius 3 is 2.62 bits per heavy atom. The average molecular weight is 354 g/mol. The third-order valence-corrected chi connectivity index (χ3v) is 4.79. The van der Waals surface area contributed by atoms with Gasteiger partial charge in [0.25, 0.3) is 0 Å². The molecule has 0 atom stereocenters. The van der Waals surface area contributed by atoms with Crippen LogP contribution < -0.4 is 10.2 Å². The van der Waals surface area contributed by atoms with E-state index in [1.54, 1.807) is 0 Å². The van der Waals surface area contributed by atoms with Gasteiger partial charge in [0.2, 0.25) is 5.95 Å².